The summed E-state index contributed by atoms with van der Waals surface area (Å²) in [5.74, 6) is -0.678. The van der Waals surface area contributed by atoms with E-state index in [1.165, 1.54) is 12.1 Å². The predicted octanol–water partition coefficient (Wildman–Crippen LogP) is 1.37. The van der Waals surface area contributed by atoms with E-state index in [0.717, 1.165) is 0 Å². The normalized spacial score (nSPS) is 13.2. The lowest BCUT2D eigenvalue weighted by Gasteiger charge is -2.10. The third kappa shape index (κ3) is 4.06. The van der Waals surface area contributed by atoms with Gasteiger partial charge in [-0.2, -0.15) is 0 Å². The Kier molecular flexibility index (Phi) is 4.38. The summed E-state index contributed by atoms with van der Waals surface area (Å²) in [6, 6.07) is 5.49. The molecule has 0 aliphatic rings. The SMILES string of the molecule is CCC(N=C(N)N[N+](=O)[O-])c1cccc(F)c1. The number of nitrogens with one attached hydrogen (secondary N) is 1. The van der Waals surface area contributed by atoms with Crippen molar-refractivity contribution in [2.45, 2.75) is 19.4 Å². The summed E-state index contributed by atoms with van der Waals surface area (Å²) in [6.07, 6.45) is 0.559. The third-order valence-electron chi connectivity index (χ3n) is 2.12. The standard InChI is InChI=1S/C10H13FN4O2/c1-2-9(13-10(12)14-15(16)17)7-4-3-5-8(11)6-7/h3-6,9H,2H2,1H3,(H3,12,13,14). The van der Waals surface area contributed by atoms with Crippen molar-refractivity contribution in [3.8, 4) is 0 Å². The van der Waals surface area contributed by atoms with Crippen LogP contribution in [0, 0.1) is 15.9 Å². The Hall–Kier alpha value is -2.18. The molecule has 0 saturated heterocycles. The quantitative estimate of drug-likeness (QED) is 0.360. The topological polar surface area (TPSA) is 93.5 Å². The molecule has 1 aromatic rings. The van der Waals surface area contributed by atoms with Crippen LogP contribution in [0.25, 0.3) is 0 Å². The number of hydrogen-bond donors (Lipinski definition) is 2. The van der Waals surface area contributed by atoms with Crippen molar-refractivity contribution >= 4 is 5.96 Å². The van der Waals surface area contributed by atoms with Gasteiger partial charge in [-0.05, 0) is 24.1 Å². The first-order chi connectivity index (χ1) is 8.02. The molecule has 1 unspecified atom stereocenters. The van der Waals surface area contributed by atoms with Crippen LogP contribution in [0.15, 0.2) is 29.3 Å². The van der Waals surface area contributed by atoms with E-state index in [2.05, 4.69) is 4.99 Å². The maximum atomic E-state index is 13.0. The van der Waals surface area contributed by atoms with Gasteiger partial charge in [0.2, 0.25) is 0 Å². The van der Waals surface area contributed by atoms with Crippen LogP contribution in [-0.2, 0) is 0 Å². The van der Waals surface area contributed by atoms with E-state index < -0.39 is 11.1 Å². The summed E-state index contributed by atoms with van der Waals surface area (Å²) in [5.41, 5.74) is 7.70. The second kappa shape index (κ2) is 5.78. The number of benzene rings is 1. The summed E-state index contributed by atoms with van der Waals surface area (Å²) in [4.78, 5) is 14.1. The molecule has 0 heterocycles. The molecule has 0 saturated carbocycles. The van der Waals surface area contributed by atoms with Crippen LogP contribution < -0.4 is 11.2 Å². The maximum Gasteiger partial charge on any atom is 0.252 e. The van der Waals surface area contributed by atoms with Crippen molar-refractivity contribution < 1.29 is 9.42 Å². The second-order valence-electron chi connectivity index (χ2n) is 3.36. The Labute approximate surface area is 97.5 Å². The number of nitro groups is 1. The highest BCUT2D eigenvalue weighted by Gasteiger charge is 2.10. The molecular weight excluding hydrogens is 227 g/mol. The van der Waals surface area contributed by atoms with Gasteiger partial charge in [0.15, 0.2) is 5.03 Å². The van der Waals surface area contributed by atoms with Crippen LogP contribution >= 0.6 is 0 Å². The van der Waals surface area contributed by atoms with Crippen molar-refractivity contribution in [1.82, 2.24) is 5.43 Å². The molecule has 0 spiro atoms. The molecule has 1 aromatic carbocycles. The Morgan fingerprint density at radius 2 is 2.41 bits per heavy atom. The van der Waals surface area contributed by atoms with Crippen molar-refractivity contribution in [2.75, 3.05) is 0 Å². The summed E-state index contributed by atoms with van der Waals surface area (Å²) >= 11 is 0. The van der Waals surface area contributed by atoms with Crippen LogP contribution in [-0.4, -0.2) is 11.0 Å². The molecule has 0 bridgehead atoms. The fourth-order valence-corrected chi connectivity index (χ4v) is 1.41. The molecule has 17 heavy (non-hydrogen) atoms. The first kappa shape index (κ1) is 12.9. The summed E-state index contributed by atoms with van der Waals surface area (Å²) in [7, 11) is 0. The van der Waals surface area contributed by atoms with Gasteiger partial charge in [0.25, 0.3) is 5.96 Å². The number of halogens is 1. The van der Waals surface area contributed by atoms with E-state index in [9.17, 15) is 14.5 Å². The average molecular weight is 240 g/mol. The lowest BCUT2D eigenvalue weighted by Crippen LogP contribution is -2.36. The van der Waals surface area contributed by atoms with Gasteiger partial charge in [-0.25, -0.2) is 19.5 Å². The molecule has 92 valence electrons. The van der Waals surface area contributed by atoms with Crippen molar-refractivity contribution in [1.29, 1.82) is 0 Å². The number of rotatable bonds is 4. The minimum atomic E-state index is -0.795. The Bertz CT molecular complexity index is 436. The monoisotopic (exact) mass is 240 g/mol. The third-order valence-corrected chi connectivity index (χ3v) is 2.12. The van der Waals surface area contributed by atoms with Crippen LogP contribution in [0.1, 0.15) is 24.9 Å². The van der Waals surface area contributed by atoms with Gasteiger partial charge >= 0.3 is 0 Å². The first-order valence-corrected chi connectivity index (χ1v) is 5.02. The van der Waals surface area contributed by atoms with Crippen molar-refractivity contribution in [3.05, 3.63) is 45.8 Å². The van der Waals surface area contributed by atoms with Gasteiger partial charge in [-0.15, -0.1) is 0 Å². The number of hydrogen-bond acceptors (Lipinski definition) is 3. The minimum absolute atomic E-state index is 0.300. The van der Waals surface area contributed by atoms with E-state index in [4.69, 9.17) is 5.73 Å². The van der Waals surface area contributed by atoms with Gasteiger partial charge < -0.3 is 5.73 Å². The molecular formula is C10H13FN4O2. The lowest BCUT2D eigenvalue weighted by atomic mass is 10.1. The molecule has 0 aliphatic carbocycles. The van der Waals surface area contributed by atoms with Crippen molar-refractivity contribution in [3.63, 3.8) is 0 Å². The number of guanidine groups is 1. The molecule has 0 fully saturated rings. The minimum Gasteiger partial charge on any atom is -0.365 e. The first-order valence-electron chi connectivity index (χ1n) is 5.02. The summed E-state index contributed by atoms with van der Waals surface area (Å²) < 4.78 is 13.0. The van der Waals surface area contributed by atoms with Gasteiger partial charge in [0, 0.05) is 0 Å². The van der Waals surface area contributed by atoms with Crippen LogP contribution in [0.4, 0.5) is 4.39 Å². The molecule has 0 aromatic heterocycles. The molecule has 0 radical (unpaired) electrons. The van der Waals surface area contributed by atoms with Crippen LogP contribution in [0.2, 0.25) is 0 Å². The van der Waals surface area contributed by atoms with Gasteiger partial charge in [0.05, 0.1) is 6.04 Å². The van der Waals surface area contributed by atoms with E-state index in [0.29, 0.717) is 12.0 Å². The van der Waals surface area contributed by atoms with Gasteiger partial charge in [-0.3, -0.25) is 0 Å². The smallest absolute Gasteiger partial charge is 0.252 e. The number of hydrazine groups is 1. The Morgan fingerprint density at radius 3 is 2.94 bits per heavy atom. The predicted molar refractivity (Wildman–Crippen MR) is 61.2 cm³/mol. The van der Waals surface area contributed by atoms with Crippen LogP contribution in [0.3, 0.4) is 0 Å². The summed E-state index contributed by atoms with van der Waals surface area (Å²) in [5, 5.41) is 9.35. The van der Waals surface area contributed by atoms with E-state index in [-0.39, 0.29) is 11.8 Å². The van der Waals surface area contributed by atoms with Gasteiger partial charge in [-0.1, -0.05) is 24.5 Å². The average Bonchev–Trinajstić information content (AvgIpc) is 2.24. The molecule has 1 rings (SSSR count). The zero-order chi connectivity index (χ0) is 12.8. The zero-order valence-corrected chi connectivity index (χ0v) is 9.26. The Balaban J connectivity index is 2.88. The van der Waals surface area contributed by atoms with E-state index in [1.807, 2.05) is 6.92 Å². The molecule has 3 N–H and O–H groups in total. The lowest BCUT2D eigenvalue weighted by molar-refractivity contribution is -0.525. The maximum absolute atomic E-state index is 13.0. The van der Waals surface area contributed by atoms with Crippen molar-refractivity contribution in [2.24, 2.45) is 10.7 Å². The zero-order valence-electron chi connectivity index (χ0n) is 9.26. The molecule has 0 amide bonds. The summed E-state index contributed by atoms with van der Waals surface area (Å²) in [6.45, 7) is 1.83. The molecule has 7 heteroatoms. The molecule has 1 atom stereocenters. The number of nitrogens with zero attached hydrogens (tertiary/aromatic N) is 2. The van der Waals surface area contributed by atoms with Crippen LogP contribution in [0.5, 0.6) is 0 Å². The second-order valence-corrected chi connectivity index (χ2v) is 3.36. The van der Waals surface area contributed by atoms with E-state index >= 15 is 0 Å². The molecule has 6 nitrogen and oxygen atoms in total. The number of nitrogens with two attached hydrogens (primary N) is 1. The van der Waals surface area contributed by atoms with E-state index in [1.54, 1.807) is 17.6 Å². The van der Waals surface area contributed by atoms with Gasteiger partial charge in [0.1, 0.15) is 5.82 Å². The largest absolute Gasteiger partial charge is 0.365 e. The Morgan fingerprint density at radius 1 is 1.71 bits per heavy atom. The highest BCUT2D eigenvalue weighted by Crippen LogP contribution is 2.21. The fourth-order valence-electron chi connectivity index (χ4n) is 1.41. The highest BCUT2D eigenvalue weighted by molar-refractivity contribution is 5.76. The molecule has 0 aliphatic heterocycles. The highest BCUT2D eigenvalue weighted by atomic mass is 19.1. The number of aliphatic imine (C=N–C) groups is 1. The fraction of sp³-hybridized carbons (Fsp3) is 0.300.